The van der Waals surface area contributed by atoms with Gasteiger partial charge in [0.05, 0.1) is 15.8 Å². The summed E-state index contributed by atoms with van der Waals surface area (Å²) in [6, 6.07) is 3.50. The van der Waals surface area contributed by atoms with Crippen molar-refractivity contribution in [3.63, 3.8) is 0 Å². The molecule has 0 atom stereocenters. The minimum atomic E-state index is -0.280. The maximum Gasteiger partial charge on any atom is 0.139 e. The van der Waals surface area contributed by atoms with Gasteiger partial charge in [-0.3, -0.25) is 0 Å². The SMILES string of the molecule is Nc1cc(Br)c(F)cc1NC1CC1. The molecule has 4 heteroatoms. The van der Waals surface area contributed by atoms with Gasteiger partial charge in [0.1, 0.15) is 5.82 Å². The normalized spacial score (nSPS) is 15.8. The third kappa shape index (κ3) is 1.94. The number of anilines is 2. The van der Waals surface area contributed by atoms with E-state index in [1.54, 1.807) is 6.07 Å². The van der Waals surface area contributed by atoms with E-state index in [-0.39, 0.29) is 5.82 Å². The molecular formula is C9H10BrFN2. The van der Waals surface area contributed by atoms with Crippen molar-refractivity contribution in [3.8, 4) is 0 Å². The number of hydrogen-bond acceptors (Lipinski definition) is 2. The van der Waals surface area contributed by atoms with Crippen LogP contribution in [0.25, 0.3) is 0 Å². The van der Waals surface area contributed by atoms with E-state index in [2.05, 4.69) is 21.2 Å². The van der Waals surface area contributed by atoms with Crippen molar-refractivity contribution in [3.05, 3.63) is 22.4 Å². The highest BCUT2D eigenvalue weighted by Gasteiger charge is 2.22. The first-order chi connectivity index (χ1) is 6.16. The van der Waals surface area contributed by atoms with Crippen LogP contribution in [0.3, 0.4) is 0 Å². The Morgan fingerprint density at radius 3 is 2.77 bits per heavy atom. The maximum absolute atomic E-state index is 13.1. The predicted molar refractivity (Wildman–Crippen MR) is 55.2 cm³/mol. The third-order valence-corrected chi connectivity index (χ3v) is 2.64. The monoisotopic (exact) mass is 244 g/mol. The van der Waals surface area contributed by atoms with Gasteiger partial charge in [0.15, 0.2) is 0 Å². The van der Waals surface area contributed by atoms with Crippen LogP contribution in [0.5, 0.6) is 0 Å². The Bertz CT molecular complexity index is 337. The summed E-state index contributed by atoms with van der Waals surface area (Å²) in [6.45, 7) is 0. The van der Waals surface area contributed by atoms with Crippen molar-refractivity contribution >= 4 is 27.3 Å². The lowest BCUT2D eigenvalue weighted by Crippen LogP contribution is -2.04. The van der Waals surface area contributed by atoms with Gasteiger partial charge < -0.3 is 11.1 Å². The Kier molecular flexibility index (Phi) is 2.15. The van der Waals surface area contributed by atoms with Gasteiger partial charge >= 0.3 is 0 Å². The Hall–Kier alpha value is -0.770. The van der Waals surface area contributed by atoms with E-state index in [4.69, 9.17) is 5.73 Å². The van der Waals surface area contributed by atoms with Crippen molar-refractivity contribution < 1.29 is 4.39 Å². The highest BCUT2D eigenvalue weighted by molar-refractivity contribution is 9.10. The van der Waals surface area contributed by atoms with E-state index in [9.17, 15) is 4.39 Å². The average Bonchev–Trinajstić information content (AvgIpc) is 2.84. The number of rotatable bonds is 2. The molecule has 2 rings (SSSR count). The van der Waals surface area contributed by atoms with Gasteiger partial charge in [-0.15, -0.1) is 0 Å². The van der Waals surface area contributed by atoms with Crippen LogP contribution in [0.15, 0.2) is 16.6 Å². The van der Waals surface area contributed by atoms with E-state index < -0.39 is 0 Å². The summed E-state index contributed by atoms with van der Waals surface area (Å²) in [6.07, 6.45) is 2.30. The Balaban J connectivity index is 2.27. The molecule has 1 aliphatic carbocycles. The highest BCUT2D eigenvalue weighted by atomic mass is 79.9. The molecule has 70 valence electrons. The lowest BCUT2D eigenvalue weighted by Gasteiger charge is -2.08. The molecule has 1 saturated carbocycles. The number of halogens is 2. The van der Waals surface area contributed by atoms with Gasteiger partial charge in [-0.05, 0) is 34.8 Å². The van der Waals surface area contributed by atoms with Crippen molar-refractivity contribution in [1.29, 1.82) is 0 Å². The van der Waals surface area contributed by atoms with E-state index in [1.807, 2.05) is 0 Å². The lowest BCUT2D eigenvalue weighted by molar-refractivity contribution is 0.622. The maximum atomic E-state index is 13.1. The molecule has 0 saturated heterocycles. The molecule has 0 heterocycles. The summed E-state index contributed by atoms with van der Waals surface area (Å²) in [5.74, 6) is -0.280. The first-order valence-electron chi connectivity index (χ1n) is 4.18. The summed E-state index contributed by atoms with van der Waals surface area (Å²) in [5, 5.41) is 3.17. The molecule has 3 N–H and O–H groups in total. The number of benzene rings is 1. The molecular weight excluding hydrogens is 235 g/mol. The summed E-state index contributed by atoms with van der Waals surface area (Å²) in [7, 11) is 0. The molecule has 13 heavy (non-hydrogen) atoms. The Labute approximate surface area is 84.4 Å². The second-order valence-corrected chi connectivity index (χ2v) is 4.13. The molecule has 0 aliphatic heterocycles. The van der Waals surface area contributed by atoms with Gasteiger partial charge in [-0.1, -0.05) is 0 Å². The first kappa shape index (κ1) is 8.81. The molecule has 1 aromatic carbocycles. The number of hydrogen-bond donors (Lipinski definition) is 2. The molecule has 1 aromatic rings. The third-order valence-electron chi connectivity index (χ3n) is 2.03. The second kappa shape index (κ2) is 3.18. The van der Waals surface area contributed by atoms with Crippen LogP contribution in [0.4, 0.5) is 15.8 Å². The molecule has 0 bridgehead atoms. The van der Waals surface area contributed by atoms with Crippen LogP contribution >= 0.6 is 15.9 Å². The van der Waals surface area contributed by atoms with Crippen LogP contribution in [-0.4, -0.2) is 6.04 Å². The fraction of sp³-hybridized carbons (Fsp3) is 0.333. The van der Waals surface area contributed by atoms with Crippen LogP contribution in [0.2, 0.25) is 0 Å². The fourth-order valence-electron chi connectivity index (χ4n) is 1.13. The Morgan fingerprint density at radius 2 is 2.15 bits per heavy atom. The quantitative estimate of drug-likeness (QED) is 0.786. The minimum Gasteiger partial charge on any atom is -0.397 e. The molecule has 1 aliphatic rings. The van der Waals surface area contributed by atoms with Crippen molar-refractivity contribution in [2.24, 2.45) is 0 Å². The highest BCUT2D eigenvalue weighted by Crippen LogP contribution is 2.31. The molecule has 0 aromatic heterocycles. The number of nitrogens with one attached hydrogen (secondary N) is 1. The largest absolute Gasteiger partial charge is 0.397 e. The fourth-order valence-corrected chi connectivity index (χ4v) is 1.50. The average molecular weight is 245 g/mol. The number of nitrogen functional groups attached to an aromatic ring is 1. The van der Waals surface area contributed by atoms with Crippen LogP contribution in [-0.2, 0) is 0 Å². The molecule has 0 spiro atoms. The van der Waals surface area contributed by atoms with Gasteiger partial charge in [0, 0.05) is 12.1 Å². The predicted octanol–water partition coefficient (Wildman–Crippen LogP) is 2.74. The first-order valence-corrected chi connectivity index (χ1v) is 4.97. The smallest absolute Gasteiger partial charge is 0.139 e. The van der Waals surface area contributed by atoms with Crippen molar-refractivity contribution in [1.82, 2.24) is 0 Å². The standard InChI is InChI=1S/C9H10BrFN2/c10-6-3-8(12)9(4-7(6)11)13-5-1-2-5/h3-5,13H,1-2,12H2. The van der Waals surface area contributed by atoms with Gasteiger partial charge in [-0.25, -0.2) is 4.39 Å². The molecule has 0 amide bonds. The van der Waals surface area contributed by atoms with E-state index >= 15 is 0 Å². The summed E-state index contributed by atoms with van der Waals surface area (Å²) >= 11 is 3.08. The van der Waals surface area contributed by atoms with E-state index in [0.717, 1.165) is 12.8 Å². The topological polar surface area (TPSA) is 38.0 Å². The summed E-state index contributed by atoms with van der Waals surface area (Å²) in [5.41, 5.74) is 6.99. The molecule has 2 nitrogen and oxygen atoms in total. The van der Waals surface area contributed by atoms with Crippen LogP contribution in [0, 0.1) is 5.82 Å². The summed E-state index contributed by atoms with van der Waals surface area (Å²) in [4.78, 5) is 0. The zero-order valence-corrected chi connectivity index (χ0v) is 8.57. The van der Waals surface area contributed by atoms with Crippen LogP contribution < -0.4 is 11.1 Å². The molecule has 0 unspecified atom stereocenters. The number of nitrogens with two attached hydrogens (primary N) is 1. The van der Waals surface area contributed by atoms with Gasteiger partial charge in [0.2, 0.25) is 0 Å². The van der Waals surface area contributed by atoms with Crippen LogP contribution in [0.1, 0.15) is 12.8 Å². The lowest BCUT2D eigenvalue weighted by atomic mass is 10.2. The van der Waals surface area contributed by atoms with E-state index in [0.29, 0.717) is 21.9 Å². The zero-order valence-electron chi connectivity index (χ0n) is 6.98. The zero-order chi connectivity index (χ0) is 9.42. The summed E-state index contributed by atoms with van der Waals surface area (Å²) < 4.78 is 13.5. The minimum absolute atomic E-state index is 0.280. The van der Waals surface area contributed by atoms with E-state index in [1.165, 1.54) is 6.07 Å². The van der Waals surface area contributed by atoms with Gasteiger partial charge in [0.25, 0.3) is 0 Å². The van der Waals surface area contributed by atoms with Crippen molar-refractivity contribution in [2.75, 3.05) is 11.1 Å². The van der Waals surface area contributed by atoms with Crippen molar-refractivity contribution in [2.45, 2.75) is 18.9 Å². The Morgan fingerprint density at radius 1 is 1.46 bits per heavy atom. The van der Waals surface area contributed by atoms with Gasteiger partial charge in [-0.2, -0.15) is 0 Å². The molecule has 0 radical (unpaired) electrons. The molecule has 1 fully saturated rings. The second-order valence-electron chi connectivity index (χ2n) is 3.27.